The molecule has 20 heavy (non-hydrogen) atoms. The molecule has 0 radical (unpaired) electrons. The smallest absolute Gasteiger partial charge is 0.222 e. The van der Waals surface area contributed by atoms with Gasteiger partial charge in [0.15, 0.2) is 0 Å². The van der Waals surface area contributed by atoms with Crippen LogP contribution in [0.15, 0.2) is 0 Å². The van der Waals surface area contributed by atoms with Crippen LogP contribution in [0.3, 0.4) is 0 Å². The number of carbonyl (C=O) groups excluding carboxylic acids is 1. The van der Waals surface area contributed by atoms with Crippen molar-refractivity contribution in [3.05, 3.63) is 0 Å². The molecule has 1 N–H and O–H groups in total. The number of hydrogen-bond donors (Lipinski definition) is 1. The molecule has 0 aromatic carbocycles. The molecule has 0 aromatic heterocycles. The Morgan fingerprint density at radius 3 is 2.30 bits per heavy atom. The second-order valence-electron chi connectivity index (χ2n) is 7.19. The molecular weight excluding hydrogens is 248 g/mol. The van der Waals surface area contributed by atoms with Crippen LogP contribution in [0.5, 0.6) is 0 Å². The number of piperidine rings is 1. The van der Waals surface area contributed by atoms with Crippen LogP contribution in [0.25, 0.3) is 0 Å². The maximum absolute atomic E-state index is 11.9. The first-order valence-electron chi connectivity index (χ1n) is 8.76. The van der Waals surface area contributed by atoms with Crippen LogP contribution in [-0.2, 0) is 4.79 Å². The van der Waals surface area contributed by atoms with E-state index in [-0.39, 0.29) is 0 Å². The van der Waals surface area contributed by atoms with Gasteiger partial charge in [0, 0.05) is 19.0 Å². The highest BCUT2D eigenvalue weighted by Gasteiger charge is 2.34. The number of hydrogen-bond acceptors (Lipinski definition) is 2. The Labute approximate surface area is 123 Å². The maximum Gasteiger partial charge on any atom is 0.222 e. The fraction of sp³-hybridized carbons (Fsp3) is 0.941. The summed E-state index contributed by atoms with van der Waals surface area (Å²) in [5, 5.41) is 3.48. The predicted octanol–water partition coefficient (Wildman–Crippen LogP) is 2.80. The SMILES string of the molecule is C[C@@H](C1CCC(C2CCNCC2)CC1)N1CCCC1=O. The van der Waals surface area contributed by atoms with Gasteiger partial charge in [-0.3, -0.25) is 4.79 Å². The highest BCUT2D eigenvalue weighted by Crippen LogP contribution is 2.39. The van der Waals surface area contributed by atoms with E-state index < -0.39 is 0 Å². The van der Waals surface area contributed by atoms with Crippen LogP contribution >= 0.6 is 0 Å². The van der Waals surface area contributed by atoms with Gasteiger partial charge in [-0.05, 0) is 82.7 Å². The molecule has 0 spiro atoms. The molecule has 2 saturated heterocycles. The Morgan fingerprint density at radius 2 is 1.70 bits per heavy atom. The fourth-order valence-corrected chi connectivity index (χ4v) is 4.77. The van der Waals surface area contributed by atoms with Crippen LogP contribution in [0, 0.1) is 17.8 Å². The molecule has 1 amide bonds. The van der Waals surface area contributed by atoms with E-state index in [1.54, 1.807) is 0 Å². The van der Waals surface area contributed by atoms with Crippen LogP contribution in [0.2, 0.25) is 0 Å². The van der Waals surface area contributed by atoms with E-state index in [4.69, 9.17) is 0 Å². The molecule has 1 aliphatic carbocycles. The van der Waals surface area contributed by atoms with Gasteiger partial charge in [0.2, 0.25) is 5.91 Å². The van der Waals surface area contributed by atoms with Crippen molar-refractivity contribution in [2.24, 2.45) is 17.8 Å². The summed E-state index contributed by atoms with van der Waals surface area (Å²) in [6.45, 7) is 5.75. The number of amides is 1. The van der Waals surface area contributed by atoms with E-state index in [2.05, 4.69) is 17.1 Å². The Hall–Kier alpha value is -0.570. The molecule has 0 bridgehead atoms. The normalized spacial score (nSPS) is 34.5. The van der Waals surface area contributed by atoms with Gasteiger partial charge in [-0.1, -0.05) is 0 Å². The molecule has 3 nitrogen and oxygen atoms in total. The van der Waals surface area contributed by atoms with Gasteiger partial charge in [-0.2, -0.15) is 0 Å². The third-order valence-corrected chi connectivity index (χ3v) is 6.15. The molecular formula is C17H30N2O. The minimum Gasteiger partial charge on any atom is -0.340 e. The molecule has 0 unspecified atom stereocenters. The number of nitrogens with one attached hydrogen (secondary N) is 1. The van der Waals surface area contributed by atoms with Crippen molar-refractivity contribution < 1.29 is 4.79 Å². The van der Waals surface area contributed by atoms with Gasteiger partial charge in [0.05, 0.1) is 0 Å². The van der Waals surface area contributed by atoms with Gasteiger partial charge in [-0.25, -0.2) is 0 Å². The number of carbonyl (C=O) groups is 1. The lowest BCUT2D eigenvalue weighted by molar-refractivity contribution is -0.130. The van der Waals surface area contributed by atoms with Crippen molar-refractivity contribution in [1.29, 1.82) is 0 Å². The molecule has 0 aromatic rings. The summed E-state index contributed by atoms with van der Waals surface area (Å²) in [5.41, 5.74) is 0. The van der Waals surface area contributed by atoms with E-state index in [1.807, 2.05) is 0 Å². The molecule has 3 heteroatoms. The van der Waals surface area contributed by atoms with Crippen molar-refractivity contribution in [2.75, 3.05) is 19.6 Å². The molecule has 3 aliphatic rings. The average molecular weight is 278 g/mol. The molecule has 1 saturated carbocycles. The second kappa shape index (κ2) is 6.46. The zero-order valence-electron chi connectivity index (χ0n) is 12.9. The summed E-state index contributed by atoms with van der Waals surface area (Å²) in [6, 6.07) is 0.485. The lowest BCUT2D eigenvalue weighted by Gasteiger charge is -2.40. The molecule has 3 fully saturated rings. The Kier molecular flexibility index (Phi) is 4.65. The third kappa shape index (κ3) is 3.03. The molecule has 1 atom stereocenters. The average Bonchev–Trinajstić information content (AvgIpc) is 2.94. The predicted molar refractivity (Wildman–Crippen MR) is 81.5 cm³/mol. The van der Waals surface area contributed by atoms with Crippen molar-refractivity contribution in [2.45, 2.75) is 64.3 Å². The highest BCUT2D eigenvalue weighted by molar-refractivity contribution is 5.78. The summed E-state index contributed by atoms with van der Waals surface area (Å²) in [4.78, 5) is 14.1. The van der Waals surface area contributed by atoms with Crippen molar-refractivity contribution in [3.8, 4) is 0 Å². The minimum absolute atomic E-state index is 0.401. The topological polar surface area (TPSA) is 32.3 Å². The summed E-state index contributed by atoms with van der Waals surface area (Å²) in [6.07, 6.45) is 10.1. The first kappa shape index (κ1) is 14.4. The fourth-order valence-electron chi connectivity index (χ4n) is 4.77. The Morgan fingerprint density at radius 1 is 1.05 bits per heavy atom. The van der Waals surface area contributed by atoms with Gasteiger partial charge >= 0.3 is 0 Å². The van der Waals surface area contributed by atoms with Gasteiger partial charge < -0.3 is 10.2 Å². The van der Waals surface area contributed by atoms with Crippen molar-refractivity contribution in [1.82, 2.24) is 10.2 Å². The number of rotatable bonds is 3. The molecule has 2 aliphatic heterocycles. The van der Waals surface area contributed by atoms with Crippen molar-refractivity contribution in [3.63, 3.8) is 0 Å². The summed E-state index contributed by atoms with van der Waals surface area (Å²) in [5.74, 6) is 3.10. The van der Waals surface area contributed by atoms with Crippen molar-refractivity contribution >= 4 is 5.91 Å². The van der Waals surface area contributed by atoms with Gasteiger partial charge in [-0.15, -0.1) is 0 Å². The lowest BCUT2D eigenvalue weighted by atomic mass is 9.71. The number of likely N-dealkylation sites (tertiary alicyclic amines) is 1. The summed E-state index contributed by atoms with van der Waals surface area (Å²) in [7, 11) is 0. The Balaban J connectivity index is 1.49. The quantitative estimate of drug-likeness (QED) is 0.861. The standard InChI is InChI=1S/C17H30N2O/c1-13(19-12-2-3-17(19)20)14-4-6-15(7-5-14)16-8-10-18-11-9-16/h13-16,18H,2-12H2,1H3/t13-,14?,15?/m0/s1. The van der Waals surface area contributed by atoms with Crippen LogP contribution < -0.4 is 5.32 Å². The molecule has 2 heterocycles. The summed E-state index contributed by atoms with van der Waals surface area (Å²) >= 11 is 0. The summed E-state index contributed by atoms with van der Waals surface area (Å²) < 4.78 is 0. The van der Waals surface area contributed by atoms with Crippen LogP contribution in [0.4, 0.5) is 0 Å². The van der Waals surface area contributed by atoms with E-state index in [0.717, 1.165) is 37.1 Å². The zero-order chi connectivity index (χ0) is 13.9. The van der Waals surface area contributed by atoms with E-state index in [0.29, 0.717) is 11.9 Å². The van der Waals surface area contributed by atoms with E-state index >= 15 is 0 Å². The van der Waals surface area contributed by atoms with E-state index in [1.165, 1.54) is 51.6 Å². The lowest BCUT2D eigenvalue weighted by Crippen LogP contribution is -2.41. The maximum atomic E-state index is 11.9. The van der Waals surface area contributed by atoms with E-state index in [9.17, 15) is 4.79 Å². The largest absolute Gasteiger partial charge is 0.340 e. The van der Waals surface area contributed by atoms with Crippen LogP contribution in [-0.4, -0.2) is 36.5 Å². The highest BCUT2D eigenvalue weighted by atomic mass is 16.2. The first-order valence-corrected chi connectivity index (χ1v) is 8.76. The minimum atomic E-state index is 0.401. The molecule has 3 rings (SSSR count). The third-order valence-electron chi connectivity index (χ3n) is 6.15. The van der Waals surface area contributed by atoms with Gasteiger partial charge in [0.1, 0.15) is 0 Å². The van der Waals surface area contributed by atoms with Crippen LogP contribution in [0.1, 0.15) is 58.3 Å². The first-order chi connectivity index (χ1) is 9.75. The number of nitrogens with zero attached hydrogens (tertiary/aromatic N) is 1. The van der Waals surface area contributed by atoms with Gasteiger partial charge in [0.25, 0.3) is 0 Å². The monoisotopic (exact) mass is 278 g/mol. The molecule has 114 valence electrons. The Bertz CT molecular complexity index is 330. The zero-order valence-corrected chi connectivity index (χ0v) is 12.9. The second-order valence-corrected chi connectivity index (χ2v) is 7.19.